The van der Waals surface area contributed by atoms with Crippen LogP contribution in [0.1, 0.15) is 5.56 Å². The molecule has 3 aromatic heterocycles. The maximum Gasteiger partial charge on any atom is 0.283 e. The SMILES string of the molecule is Cc1ccc(-c2csc3nc4c5ccccc5c(N5CCN(CCO)CC5)nn4c(=O)c23)cc1. The molecule has 6 rings (SSSR count). The van der Waals surface area contributed by atoms with Crippen LogP contribution in [0.2, 0.25) is 0 Å². The third-order valence-electron chi connectivity index (χ3n) is 6.64. The van der Waals surface area contributed by atoms with Gasteiger partial charge in [0.25, 0.3) is 5.56 Å². The molecule has 0 amide bonds. The van der Waals surface area contributed by atoms with Gasteiger partial charge >= 0.3 is 0 Å². The summed E-state index contributed by atoms with van der Waals surface area (Å²) in [5, 5.41) is 18.7. The van der Waals surface area contributed by atoms with Crippen LogP contribution in [0.4, 0.5) is 5.82 Å². The van der Waals surface area contributed by atoms with Gasteiger partial charge in [-0.1, -0.05) is 54.1 Å². The molecule has 0 saturated carbocycles. The first kappa shape index (κ1) is 21.2. The quantitative estimate of drug-likeness (QED) is 0.404. The molecule has 2 aromatic carbocycles. The highest BCUT2D eigenvalue weighted by Gasteiger charge is 2.23. The molecule has 0 bridgehead atoms. The van der Waals surface area contributed by atoms with Gasteiger partial charge < -0.3 is 10.0 Å². The Morgan fingerprint density at radius 3 is 2.47 bits per heavy atom. The van der Waals surface area contributed by atoms with Crippen molar-refractivity contribution >= 4 is 43.8 Å². The zero-order chi connectivity index (χ0) is 23.2. The Hall–Kier alpha value is -3.33. The van der Waals surface area contributed by atoms with Crippen LogP contribution in [0.3, 0.4) is 0 Å². The topological polar surface area (TPSA) is 74.0 Å². The number of thiophene rings is 1. The number of aromatic nitrogens is 3. The van der Waals surface area contributed by atoms with E-state index < -0.39 is 0 Å². The Labute approximate surface area is 200 Å². The predicted molar refractivity (Wildman–Crippen MR) is 138 cm³/mol. The van der Waals surface area contributed by atoms with E-state index in [-0.39, 0.29) is 12.2 Å². The molecule has 1 saturated heterocycles. The van der Waals surface area contributed by atoms with Crippen molar-refractivity contribution in [2.24, 2.45) is 0 Å². The van der Waals surface area contributed by atoms with Gasteiger partial charge in [0.2, 0.25) is 0 Å². The highest BCUT2D eigenvalue weighted by atomic mass is 32.1. The Balaban J connectivity index is 1.56. The molecule has 1 N–H and O–H groups in total. The number of hydrogen-bond acceptors (Lipinski definition) is 7. The molecular formula is C26H25N5O2S. The van der Waals surface area contributed by atoms with Gasteiger partial charge in [0, 0.05) is 54.4 Å². The summed E-state index contributed by atoms with van der Waals surface area (Å²) >= 11 is 1.50. The summed E-state index contributed by atoms with van der Waals surface area (Å²) in [4.78, 5) is 24.0. The van der Waals surface area contributed by atoms with Crippen molar-refractivity contribution in [2.75, 3.05) is 44.2 Å². The Kier molecular flexibility index (Phi) is 5.28. The van der Waals surface area contributed by atoms with Crippen LogP contribution in [0.15, 0.2) is 58.7 Å². The fourth-order valence-electron chi connectivity index (χ4n) is 4.77. The van der Waals surface area contributed by atoms with Crippen LogP contribution in [0.5, 0.6) is 0 Å². The summed E-state index contributed by atoms with van der Waals surface area (Å²) in [5.41, 5.74) is 3.55. The summed E-state index contributed by atoms with van der Waals surface area (Å²) in [6.07, 6.45) is 0. The van der Waals surface area contributed by atoms with Gasteiger partial charge in [0.05, 0.1) is 12.0 Å². The van der Waals surface area contributed by atoms with E-state index in [9.17, 15) is 9.90 Å². The average molecular weight is 472 g/mol. The van der Waals surface area contributed by atoms with E-state index in [2.05, 4.69) is 47.1 Å². The van der Waals surface area contributed by atoms with Gasteiger partial charge in [0.1, 0.15) is 4.83 Å². The molecule has 0 radical (unpaired) electrons. The third kappa shape index (κ3) is 3.46. The molecule has 1 aliphatic rings. The second-order valence-corrected chi connectivity index (χ2v) is 9.63. The molecular weight excluding hydrogens is 446 g/mol. The number of nitrogens with zero attached hydrogens (tertiary/aromatic N) is 5. The normalized spacial score (nSPS) is 15.1. The molecule has 5 aromatic rings. The Morgan fingerprint density at radius 1 is 1.00 bits per heavy atom. The first-order chi connectivity index (χ1) is 16.6. The lowest BCUT2D eigenvalue weighted by Gasteiger charge is -2.35. The predicted octanol–water partition coefficient (Wildman–Crippen LogP) is 3.55. The highest BCUT2D eigenvalue weighted by Crippen LogP contribution is 2.33. The maximum absolute atomic E-state index is 13.8. The lowest BCUT2D eigenvalue weighted by Crippen LogP contribution is -2.47. The minimum Gasteiger partial charge on any atom is -0.395 e. The number of anilines is 1. The molecule has 1 aliphatic heterocycles. The lowest BCUT2D eigenvalue weighted by atomic mass is 10.0. The van der Waals surface area contributed by atoms with Crippen LogP contribution < -0.4 is 10.5 Å². The van der Waals surface area contributed by atoms with Gasteiger partial charge in [-0.15, -0.1) is 16.4 Å². The summed E-state index contributed by atoms with van der Waals surface area (Å²) in [6, 6.07) is 16.3. The number of aryl methyl sites for hydroxylation is 1. The zero-order valence-electron chi connectivity index (χ0n) is 18.9. The van der Waals surface area contributed by atoms with Crippen LogP contribution >= 0.6 is 11.3 Å². The van der Waals surface area contributed by atoms with Gasteiger partial charge in [-0.2, -0.15) is 4.52 Å². The van der Waals surface area contributed by atoms with E-state index in [0.29, 0.717) is 17.6 Å². The van der Waals surface area contributed by atoms with Crippen molar-refractivity contribution in [3.05, 3.63) is 69.8 Å². The van der Waals surface area contributed by atoms with Gasteiger partial charge in [-0.25, -0.2) is 4.98 Å². The van der Waals surface area contributed by atoms with Gasteiger partial charge in [-0.05, 0) is 12.5 Å². The second-order valence-electron chi connectivity index (χ2n) is 8.77. The van der Waals surface area contributed by atoms with Crippen molar-refractivity contribution in [3.8, 4) is 11.1 Å². The van der Waals surface area contributed by atoms with Gasteiger partial charge in [0.15, 0.2) is 11.5 Å². The molecule has 0 atom stereocenters. The fourth-order valence-corrected chi connectivity index (χ4v) is 5.71. The fraction of sp³-hybridized carbons (Fsp3) is 0.269. The van der Waals surface area contributed by atoms with Crippen LogP contribution in [-0.4, -0.2) is 63.9 Å². The largest absolute Gasteiger partial charge is 0.395 e. The van der Waals surface area contributed by atoms with Crippen LogP contribution in [-0.2, 0) is 0 Å². The number of fused-ring (bicyclic) bond motifs is 4. The van der Waals surface area contributed by atoms with Crippen LogP contribution in [0.25, 0.3) is 37.8 Å². The number of rotatable bonds is 4. The van der Waals surface area contributed by atoms with Crippen molar-refractivity contribution in [1.29, 1.82) is 0 Å². The van der Waals surface area contributed by atoms with E-state index in [1.807, 2.05) is 23.6 Å². The molecule has 172 valence electrons. The third-order valence-corrected chi connectivity index (χ3v) is 7.51. The molecule has 8 heteroatoms. The van der Waals surface area contributed by atoms with Crippen LogP contribution in [0, 0.1) is 6.92 Å². The molecule has 0 spiro atoms. The van der Waals surface area contributed by atoms with E-state index in [1.54, 1.807) is 0 Å². The van der Waals surface area contributed by atoms with Crippen molar-refractivity contribution in [3.63, 3.8) is 0 Å². The molecule has 1 fully saturated rings. The first-order valence-corrected chi connectivity index (χ1v) is 12.4. The standard InChI is InChI=1S/C26H25N5O2S/c1-17-6-8-18(9-7-17)21-16-34-25-22(21)26(33)31-23(27-25)19-4-2-3-5-20(19)24(28-31)30-12-10-29(11-13-30)14-15-32/h2-9,16,32H,10-15H2,1H3. The number of hydrogen-bond donors (Lipinski definition) is 1. The Bertz CT molecular complexity index is 1570. The van der Waals surface area contributed by atoms with Crippen molar-refractivity contribution < 1.29 is 5.11 Å². The summed E-state index contributed by atoms with van der Waals surface area (Å²) in [6.45, 7) is 6.19. The zero-order valence-corrected chi connectivity index (χ0v) is 19.8. The molecule has 0 aliphatic carbocycles. The summed E-state index contributed by atoms with van der Waals surface area (Å²) in [5.74, 6) is 0.808. The monoisotopic (exact) mass is 471 g/mol. The average Bonchev–Trinajstić information content (AvgIpc) is 3.29. The molecule has 0 unspecified atom stereocenters. The van der Waals surface area contributed by atoms with Gasteiger partial charge in [-0.3, -0.25) is 9.69 Å². The van der Waals surface area contributed by atoms with E-state index in [0.717, 1.165) is 58.7 Å². The molecule has 7 nitrogen and oxygen atoms in total. The maximum atomic E-state index is 13.8. The minimum atomic E-state index is -0.136. The summed E-state index contributed by atoms with van der Waals surface area (Å²) < 4.78 is 1.49. The Morgan fingerprint density at radius 2 is 1.74 bits per heavy atom. The number of benzene rings is 2. The minimum absolute atomic E-state index is 0.136. The number of aliphatic hydroxyl groups is 1. The summed E-state index contributed by atoms with van der Waals surface area (Å²) in [7, 11) is 0. The molecule has 4 heterocycles. The number of aliphatic hydroxyl groups excluding tert-OH is 1. The van der Waals surface area contributed by atoms with E-state index in [4.69, 9.17) is 10.1 Å². The highest BCUT2D eigenvalue weighted by molar-refractivity contribution is 7.17. The molecule has 34 heavy (non-hydrogen) atoms. The lowest BCUT2D eigenvalue weighted by molar-refractivity contribution is 0.188. The number of piperazine rings is 1. The van der Waals surface area contributed by atoms with E-state index in [1.165, 1.54) is 21.4 Å². The van der Waals surface area contributed by atoms with Crippen molar-refractivity contribution in [1.82, 2.24) is 19.5 Å². The van der Waals surface area contributed by atoms with Crippen molar-refractivity contribution in [2.45, 2.75) is 6.92 Å². The second kappa shape index (κ2) is 8.47. The first-order valence-electron chi connectivity index (χ1n) is 11.5. The van der Waals surface area contributed by atoms with E-state index >= 15 is 0 Å². The smallest absolute Gasteiger partial charge is 0.283 e. The number of β-amino-alcohol motifs (C(OH)–C–C–N with tert-alkyl or cyclic N) is 1.